The summed E-state index contributed by atoms with van der Waals surface area (Å²) in [4.78, 5) is 31.0. The third-order valence-electron chi connectivity index (χ3n) is 4.82. The van der Waals surface area contributed by atoms with Crippen LogP contribution in [-0.4, -0.2) is 16.6 Å². The van der Waals surface area contributed by atoms with E-state index in [0.717, 1.165) is 20.1 Å². The lowest BCUT2D eigenvalue weighted by Crippen LogP contribution is -2.36. The van der Waals surface area contributed by atoms with Gasteiger partial charge in [0.15, 0.2) is 15.9 Å². The van der Waals surface area contributed by atoms with Gasteiger partial charge in [-0.3, -0.25) is 9.59 Å². The molecule has 0 amide bonds. The van der Waals surface area contributed by atoms with Gasteiger partial charge in [-0.1, -0.05) is 61.2 Å². The van der Waals surface area contributed by atoms with E-state index in [2.05, 4.69) is 4.98 Å². The fourth-order valence-corrected chi connectivity index (χ4v) is 5.50. The Bertz CT molecular complexity index is 990. The number of para-hydroxylation sites is 1. The van der Waals surface area contributed by atoms with Gasteiger partial charge in [0.25, 0.3) is 0 Å². The van der Waals surface area contributed by atoms with Crippen LogP contribution in [0, 0.1) is 5.41 Å². The quantitative estimate of drug-likeness (QED) is 0.581. The van der Waals surface area contributed by atoms with Gasteiger partial charge in [0.05, 0.1) is 15.1 Å². The number of carbonyl (C=O) groups is 2. The molecule has 0 fully saturated rings. The van der Waals surface area contributed by atoms with Crippen molar-refractivity contribution in [1.82, 2.24) is 4.98 Å². The number of hydrogen-bond donors (Lipinski definition) is 0. The van der Waals surface area contributed by atoms with E-state index in [9.17, 15) is 9.59 Å². The van der Waals surface area contributed by atoms with Crippen LogP contribution in [0.25, 0.3) is 10.2 Å². The van der Waals surface area contributed by atoms with Crippen molar-refractivity contribution in [2.45, 2.75) is 24.1 Å². The Hall–Kier alpha value is -2.24. The molecule has 1 aromatic heterocycles. The first-order valence-electron chi connectivity index (χ1n) is 8.51. The molecule has 0 radical (unpaired) electrons. The Morgan fingerprint density at radius 3 is 2.50 bits per heavy atom. The molecule has 4 rings (SSSR count). The Morgan fingerprint density at radius 2 is 1.77 bits per heavy atom. The topological polar surface area (TPSA) is 47.0 Å². The molecule has 130 valence electrons. The molecule has 0 bridgehead atoms. The molecule has 1 aliphatic rings. The van der Waals surface area contributed by atoms with Crippen LogP contribution >= 0.6 is 23.1 Å². The van der Waals surface area contributed by atoms with E-state index in [1.165, 1.54) is 17.8 Å². The minimum Gasteiger partial charge on any atom is -0.294 e. The first-order chi connectivity index (χ1) is 12.6. The minimum atomic E-state index is -0.972. The van der Waals surface area contributed by atoms with Gasteiger partial charge in [-0.25, -0.2) is 4.98 Å². The number of carbonyl (C=O) groups excluding carboxylic acids is 2. The summed E-state index contributed by atoms with van der Waals surface area (Å²) in [5.74, 6) is -0.157. The number of Topliss-reactive ketones (excluding diaryl/α,β-unsaturated/α-hetero) is 1. The van der Waals surface area contributed by atoms with Crippen molar-refractivity contribution < 1.29 is 9.59 Å². The molecule has 1 atom stereocenters. The molecule has 1 heterocycles. The average Bonchev–Trinajstić information content (AvgIpc) is 3.17. The molecule has 0 saturated carbocycles. The molecule has 0 unspecified atom stereocenters. The van der Waals surface area contributed by atoms with Gasteiger partial charge in [0, 0.05) is 0 Å². The van der Waals surface area contributed by atoms with E-state index in [-0.39, 0.29) is 11.6 Å². The van der Waals surface area contributed by atoms with E-state index in [0.29, 0.717) is 17.7 Å². The smallest absolute Gasteiger partial charge is 0.183 e. The van der Waals surface area contributed by atoms with E-state index in [1.54, 1.807) is 11.3 Å². The van der Waals surface area contributed by atoms with Crippen LogP contribution in [-0.2, 0) is 16.0 Å². The number of thiazole rings is 1. The molecule has 5 heteroatoms. The molecular formula is C21H17NO2S2. The number of fused-ring (bicyclic) bond motifs is 1. The molecule has 0 spiro atoms. The largest absolute Gasteiger partial charge is 0.294 e. The summed E-state index contributed by atoms with van der Waals surface area (Å²) < 4.78 is 1.88. The maximum atomic E-state index is 13.2. The summed E-state index contributed by atoms with van der Waals surface area (Å²) in [5.41, 5.74) is 0.958. The monoisotopic (exact) mass is 379 g/mol. The Kier molecular flexibility index (Phi) is 4.51. The second kappa shape index (κ2) is 6.82. The predicted molar refractivity (Wildman–Crippen MR) is 106 cm³/mol. The number of hydrogen-bond acceptors (Lipinski definition) is 5. The number of benzene rings is 2. The predicted octanol–water partition coefficient (Wildman–Crippen LogP) is 5.06. The Balaban J connectivity index is 1.61. The van der Waals surface area contributed by atoms with E-state index < -0.39 is 5.41 Å². The van der Waals surface area contributed by atoms with Crippen LogP contribution in [0.5, 0.6) is 0 Å². The second-order valence-corrected chi connectivity index (χ2v) is 8.67. The number of nitrogens with zero attached hydrogens (tertiary/aromatic N) is 1. The van der Waals surface area contributed by atoms with Crippen molar-refractivity contribution in [3.63, 3.8) is 0 Å². The fraction of sp³-hybridized carbons (Fsp3) is 0.190. The fourth-order valence-electron chi connectivity index (χ4n) is 3.31. The lowest BCUT2D eigenvalue weighted by molar-refractivity contribution is -0.133. The first-order valence-corrected chi connectivity index (χ1v) is 10.1. The van der Waals surface area contributed by atoms with E-state index in [4.69, 9.17) is 0 Å². The van der Waals surface area contributed by atoms with Gasteiger partial charge in [-0.2, -0.15) is 0 Å². The van der Waals surface area contributed by atoms with Crippen LogP contribution in [0.2, 0.25) is 0 Å². The van der Waals surface area contributed by atoms with Gasteiger partial charge in [-0.05, 0) is 36.6 Å². The number of allylic oxidation sites excluding steroid dienone is 2. The second-order valence-electron chi connectivity index (χ2n) is 6.35. The highest BCUT2D eigenvalue weighted by molar-refractivity contribution is 8.05. The van der Waals surface area contributed by atoms with Crippen LogP contribution < -0.4 is 0 Å². The van der Waals surface area contributed by atoms with Gasteiger partial charge < -0.3 is 0 Å². The number of ketones is 2. The maximum absolute atomic E-state index is 13.2. The molecule has 0 aliphatic heterocycles. The average molecular weight is 380 g/mol. The van der Waals surface area contributed by atoms with Crippen molar-refractivity contribution in [2.75, 3.05) is 0 Å². The highest BCUT2D eigenvalue weighted by atomic mass is 32.2. The van der Waals surface area contributed by atoms with Crippen molar-refractivity contribution >= 4 is 44.9 Å². The summed E-state index contributed by atoms with van der Waals surface area (Å²) in [5, 5.41) is 0. The van der Waals surface area contributed by atoms with Gasteiger partial charge in [0.1, 0.15) is 5.41 Å². The van der Waals surface area contributed by atoms with Crippen molar-refractivity contribution in [2.24, 2.45) is 5.41 Å². The summed E-state index contributed by atoms with van der Waals surface area (Å²) in [6.07, 6.45) is 2.47. The zero-order chi connectivity index (χ0) is 18.1. The standard InChI is InChI=1S/C21H17NO2S2/c1-2-21(13-14-8-4-3-5-9-14)18(23)12-17(19(21)24)26-20-22-15-10-6-7-11-16(15)25-20/h3-12H,2,13H2,1H3/t21-/m1/s1. The normalized spacial score (nSPS) is 20.0. The molecule has 1 aliphatic carbocycles. The van der Waals surface area contributed by atoms with Crippen LogP contribution in [0.3, 0.4) is 0 Å². The van der Waals surface area contributed by atoms with Crippen LogP contribution in [0.1, 0.15) is 18.9 Å². The van der Waals surface area contributed by atoms with Gasteiger partial charge >= 0.3 is 0 Å². The molecule has 3 aromatic rings. The highest BCUT2D eigenvalue weighted by Crippen LogP contribution is 2.44. The van der Waals surface area contributed by atoms with E-state index >= 15 is 0 Å². The van der Waals surface area contributed by atoms with Crippen LogP contribution in [0.4, 0.5) is 0 Å². The maximum Gasteiger partial charge on any atom is 0.183 e. The minimum absolute atomic E-state index is 0.0712. The molecule has 0 N–H and O–H groups in total. The third kappa shape index (κ3) is 2.91. The number of rotatable bonds is 5. The number of aromatic nitrogens is 1. The highest BCUT2D eigenvalue weighted by Gasteiger charge is 2.49. The molecule has 2 aromatic carbocycles. The molecular weight excluding hydrogens is 362 g/mol. The molecule has 0 saturated heterocycles. The number of thioether (sulfide) groups is 1. The van der Waals surface area contributed by atoms with Gasteiger partial charge in [-0.15, -0.1) is 11.3 Å². The third-order valence-corrected chi connectivity index (χ3v) is 6.94. The Morgan fingerprint density at radius 1 is 1.04 bits per heavy atom. The van der Waals surface area contributed by atoms with Crippen molar-refractivity contribution in [3.8, 4) is 0 Å². The summed E-state index contributed by atoms with van der Waals surface area (Å²) >= 11 is 2.86. The summed E-state index contributed by atoms with van der Waals surface area (Å²) in [6.45, 7) is 1.91. The SMILES string of the molecule is CC[C@@]1(Cc2ccccc2)C(=O)C=C(Sc2nc3ccccc3s2)C1=O. The first kappa shape index (κ1) is 17.2. The van der Waals surface area contributed by atoms with Crippen molar-refractivity contribution in [3.05, 3.63) is 71.1 Å². The summed E-state index contributed by atoms with van der Waals surface area (Å²) in [7, 11) is 0. The van der Waals surface area contributed by atoms with Crippen LogP contribution in [0.15, 0.2) is 69.9 Å². The lowest BCUT2D eigenvalue weighted by atomic mass is 9.75. The molecule has 26 heavy (non-hydrogen) atoms. The summed E-state index contributed by atoms with van der Waals surface area (Å²) in [6, 6.07) is 17.6. The zero-order valence-electron chi connectivity index (χ0n) is 14.3. The van der Waals surface area contributed by atoms with Gasteiger partial charge in [0.2, 0.25) is 0 Å². The van der Waals surface area contributed by atoms with Crippen molar-refractivity contribution in [1.29, 1.82) is 0 Å². The molecule has 3 nitrogen and oxygen atoms in total. The van der Waals surface area contributed by atoms with E-state index in [1.807, 2.05) is 61.5 Å². The lowest BCUT2D eigenvalue weighted by Gasteiger charge is -2.24. The zero-order valence-corrected chi connectivity index (χ0v) is 15.9. The Labute approximate surface area is 160 Å².